The first kappa shape index (κ1) is 21.1. The molecule has 1 aliphatic rings. The summed E-state index contributed by atoms with van der Waals surface area (Å²) in [6.45, 7) is 3.90. The van der Waals surface area contributed by atoms with Crippen molar-refractivity contribution in [2.45, 2.75) is 38.8 Å². The molecule has 0 saturated carbocycles. The van der Waals surface area contributed by atoms with E-state index in [9.17, 15) is 4.79 Å². The van der Waals surface area contributed by atoms with Gasteiger partial charge in [-0.2, -0.15) is 0 Å². The molecule has 0 unspecified atom stereocenters. The predicted octanol–water partition coefficient (Wildman–Crippen LogP) is 2.74. The highest BCUT2D eigenvalue weighted by Gasteiger charge is 2.17. The number of nitrogens with zero attached hydrogens (tertiary/aromatic N) is 2. The van der Waals surface area contributed by atoms with E-state index in [1.54, 1.807) is 13.1 Å². The number of carbonyl (C=O) groups is 1. The first-order valence-electron chi connectivity index (χ1n) is 10.1. The Morgan fingerprint density at radius 3 is 2.86 bits per heavy atom. The lowest BCUT2D eigenvalue weighted by atomic mass is 10.2. The van der Waals surface area contributed by atoms with E-state index in [0.29, 0.717) is 30.5 Å². The summed E-state index contributed by atoms with van der Waals surface area (Å²) in [4.78, 5) is 18.9. The number of ether oxygens (including phenoxy) is 2. The van der Waals surface area contributed by atoms with Gasteiger partial charge in [-0.15, -0.1) is 0 Å². The lowest BCUT2D eigenvalue weighted by molar-refractivity contribution is -0.123. The third kappa shape index (κ3) is 6.44. The third-order valence-corrected chi connectivity index (χ3v) is 4.72. The van der Waals surface area contributed by atoms with Crippen LogP contribution in [0.2, 0.25) is 0 Å². The zero-order chi connectivity index (χ0) is 20.5. The normalized spacial score (nSPS) is 16.5. The maximum absolute atomic E-state index is 12.4. The molecule has 156 valence electrons. The topological polar surface area (TPSA) is 83.9 Å². The van der Waals surface area contributed by atoms with E-state index >= 15 is 0 Å². The number of fused-ring (bicyclic) bond motifs is 2. The van der Waals surface area contributed by atoms with Gasteiger partial charge in [0.1, 0.15) is 0 Å². The van der Waals surface area contributed by atoms with Crippen LogP contribution in [-0.2, 0) is 11.3 Å². The van der Waals surface area contributed by atoms with Gasteiger partial charge in [0.05, 0.1) is 19.8 Å². The van der Waals surface area contributed by atoms with Crippen molar-refractivity contribution in [1.82, 2.24) is 15.2 Å². The number of para-hydroxylation sites is 2. The van der Waals surface area contributed by atoms with Gasteiger partial charge in [0, 0.05) is 24.3 Å². The van der Waals surface area contributed by atoms with Crippen molar-refractivity contribution in [2.75, 3.05) is 26.3 Å². The second-order valence-electron chi connectivity index (χ2n) is 7.29. The van der Waals surface area contributed by atoms with Crippen LogP contribution >= 0.6 is 0 Å². The van der Waals surface area contributed by atoms with Crippen LogP contribution in [-0.4, -0.2) is 53.2 Å². The second kappa shape index (κ2) is 10.8. The molecule has 2 heterocycles. The fraction of sp³-hybridized carbons (Fsp3) is 0.455. The van der Waals surface area contributed by atoms with Gasteiger partial charge in [-0.3, -0.25) is 9.69 Å². The van der Waals surface area contributed by atoms with Crippen LogP contribution < -0.4 is 14.8 Å². The summed E-state index contributed by atoms with van der Waals surface area (Å²) >= 11 is 0. The lowest BCUT2D eigenvalue weighted by Crippen LogP contribution is -2.42. The number of rotatable bonds is 4. The standard InChI is InChI=1S/C22H29N3O4/c1-17(16-26)24-21(27)15-25-12-5-2-6-13-28-19-9-3-4-10-20(19)29-22-18(14-25)8-7-11-23-22/h3-4,7-11,17,26H,2,5-6,12-16H2,1H3,(H,24,27)/t17-/m0/s1. The Morgan fingerprint density at radius 2 is 2.03 bits per heavy atom. The van der Waals surface area contributed by atoms with Gasteiger partial charge in [-0.1, -0.05) is 18.2 Å². The molecule has 0 saturated heterocycles. The summed E-state index contributed by atoms with van der Waals surface area (Å²) in [5.74, 6) is 1.75. The van der Waals surface area contributed by atoms with Crippen molar-refractivity contribution < 1.29 is 19.4 Å². The molecule has 1 atom stereocenters. The molecule has 1 aliphatic heterocycles. The second-order valence-corrected chi connectivity index (χ2v) is 7.29. The number of aromatic nitrogens is 1. The van der Waals surface area contributed by atoms with Crippen LogP contribution in [0.15, 0.2) is 42.6 Å². The van der Waals surface area contributed by atoms with E-state index in [2.05, 4.69) is 15.2 Å². The molecule has 7 nitrogen and oxygen atoms in total. The quantitative estimate of drug-likeness (QED) is 0.823. The van der Waals surface area contributed by atoms with Crippen molar-refractivity contribution in [3.05, 3.63) is 48.2 Å². The van der Waals surface area contributed by atoms with Gasteiger partial charge in [-0.05, 0) is 50.9 Å². The minimum Gasteiger partial charge on any atom is -0.490 e. The van der Waals surface area contributed by atoms with Crippen molar-refractivity contribution in [3.8, 4) is 17.4 Å². The van der Waals surface area contributed by atoms with Crippen LogP contribution in [0.5, 0.6) is 17.4 Å². The van der Waals surface area contributed by atoms with E-state index in [1.165, 1.54) is 0 Å². The minimum atomic E-state index is -0.260. The zero-order valence-electron chi connectivity index (χ0n) is 16.8. The van der Waals surface area contributed by atoms with Crippen LogP contribution in [0.4, 0.5) is 0 Å². The number of benzene rings is 1. The number of aliphatic hydroxyl groups excluding tert-OH is 1. The smallest absolute Gasteiger partial charge is 0.234 e. The average molecular weight is 399 g/mol. The molecule has 0 bridgehead atoms. The Morgan fingerprint density at radius 1 is 1.21 bits per heavy atom. The summed E-state index contributed by atoms with van der Waals surface area (Å²) in [6.07, 6.45) is 4.60. The summed E-state index contributed by atoms with van der Waals surface area (Å²) in [7, 11) is 0. The highest BCUT2D eigenvalue weighted by atomic mass is 16.5. The van der Waals surface area contributed by atoms with Crippen molar-refractivity contribution in [2.24, 2.45) is 0 Å². The molecule has 0 aliphatic carbocycles. The maximum Gasteiger partial charge on any atom is 0.234 e. The van der Waals surface area contributed by atoms with Crippen LogP contribution in [0.3, 0.4) is 0 Å². The van der Waals surface area contributed by atoms with Gasteiger partial charge >= 0.3 is 0 Å². The first-order chi connectivity index (χ1) is 14.2. The van der Waals surface area contributed by atoms with Gasteiger partial charge in [0.25, 0.3) is 0 Å². The van der Waals surface area contributed by atoms with Crippen molar-refractivity contribution >= 4 is 5.91 Å². The Bertz CT molecular complexity index is 799. The van der Waals surface area contributed by atoms with Gasteiger partial charge in [0.2, 0.25) is 11.8 Å². The van der Waals surface area contributed by atoms with E-state index in [1.807, 2.05) is 36.4 Å². The van der Waals surface area contributed by atoms with Crippen LogP contribution in [0.25, 0.3) is 0 Å². The van der Waals surface area contributed by atoms with Gasteiger partial charge in [0.15, 0.2) is 11.5 Å². The molecule has 29 heavy (non-hydrogen) atoms. The summed E-state index contributed by atoms with van der Waals surface area (Å²) < 4.78 is 12.0. The molecule has 1 aromatic heterocycles. The summed E-state index contributed by atoms with van der Waals surface area (Å²) in [6, 6.07) is 11.2. The van der Waals surface area contributed by atoms with E-state index in [-0.39, 0.29) is 25.1 Å². The number of hydrogen-bond donors (Lipinski definition) is 2. The van der Waals surface area contributed by atoms with Crippen molar-refractivity contribution in [3.63, 3.8) is 0 Å². The Hall–Kier alpha value is -2.64. The predicted molar refractivity (Wildman–Crippen MR) is 110 cm³/mol. The van der Waals surface area contributed by atoms with E-state index in [4.69, 9.17) is 14.6 Å². The van der Waals surface area contributed by atoms with Gasteiger partial charge in [-0.25, -0.2) is 4.98 Å². The molecular formula is C22H29N3O4. The highest BCUT2D eigenvalue weighted by molar-refractivity contribution is 5.78. The van der Waals surface area contributed by atoms with Crippen molar-refractivity contribution in [1.29, 1.82) is 0 Å². The Kier molecular flexibility index (Phi) is 7.84. The number of carbonyl (C=O) groups excluding carboxylic acids is 1. The number of aliphatic hydroxyl groups is 1. The Labute approximate surface area is 171 Å². The van der Waals surface area contributed by atoms with Crippen LogP contribution in [0, 0.1) is 0 Å². The molecule has 2 aromatic rings. The molecule has 3 rings (SSSR count). The molecule has 1 amide bonds. The van der Waals surface area contributed by atoms with E-state index in [0.717, 1.165) is 31.4 Å². The molecule has 0 spiro atoms. The lowest BCUT2D eigenvalue weighted by Gasteiger charge is -2.23. The highest BCUT2D eigenvalue weighted by Crippen LogP contribution is 2.32. The summed E-state index contributed by atoms with van der Waals surface area (Å²) in [5.41, 5.74) is 0.907. The maximum atomic E-state index is 12.4. The number of pyridine rings is 1. The fourth-order valence-corrected chi connectivity index (χ4v) is 3.21. The zero-order valence-corrected chi connectivity index (χ0v) is 16.8. The molecule has 7 heteroatoms. The largest absolute Gasteiger partial charge is 0.490 e. The van der Waals surface area contributed by atoms with Crippen LogP contribution in [0.1, 0.15) is 31.7 Å². The SMILES string of the molecule is C[C@@H](CO)NC(=O)CN1CCCCCOc2ccccc2Oc2ncccc2C1. The first-order valence-corrected chi connectivity index (χ1v) is 10.1. The number of nitrogens with one attached hydrogen (secondary N) is 1. The molecule has 2 N–H and O–H groups in total. The monoisotopic (exact) mass is 399 g/mol. The molecule has 1 aromatic carbocycles. The molecule has 0 fully saturated rings. The minimum absolute atomic E-state index is 0.0776. The average Bonchev–Trinajstić information content (AvgIpc) is 2.73. The number of amides is 1. The summed E-state index contributed by atoms with van der Waals surface area (Å²) in [5, 5.41) is 12.0. The molecular weight excluding hydrogens is 370 g/mol. The van der Waals surface area contributed by atoms with Gasteiger partial charge < -0.3 is 19.9 Å². The fourth-order valence-electron chi connectivity index (χ4n) is 3.21. The molecule has 0 radical (unpaired) electrons. The van der Waals surface area contributed by atoms with E-state index < -0.39 is 0 Å². The Balaban J connectivity index is 1.81. The third-order valence-electron chi connectivity index (χ3n) is 4.72. The number of hydrogen-bond acceptors (Lipinski definition) is 6.